The molecule has 0 radical (unpaired) electrons. The molecule has 0 unspecified atom stereocenters. The predicted octanol–water partition coefficient (Wildman–Crippen LogP) is 0.515. The minimum absolute atomic E-state index is 0.127. The van der Waals surface area contributed by atoms with E-state index in [1.54, 1.807) is 18.2 Å². The van der Waals surface area contributed by atoms with Crippen molar-refractivity contribution >= 4 is 17.8 Å². The van der Waals surface area contributed by atoms with Crippen LogP contribution in [0, 0.1) is 5.92 Å². The van der Waals surface area contributed by atoms with Crippen LogP contribution in [0.15, 0.2) is 18.2 Å². The van der Waals surface area contributed by atoms with Gasteiger partial charge in [0.1, 0.15) is 0 Å². The summed E-state index contributed by atoms with van der Waals surface area (Å²) in [5, 5.41) is 14.2. The molecule has 1 saturated carbocycles. The summed E-state index contributed by atoms with van der Waals surface area (Å²) in [7, 11) is 0. The van der Waals surface area contributed by atoms with Crippen LogP contribution < -0.4 is 20.1 Å². The fraction of sp³-hybridized carbons (Fsp3) is 0.438. The summed E-state index contributed by atoms with van der Waals surface area (Å²) in [6.07, 6.45) is 1.62. The number of nitrogens with one attached hydrogen (secondary N) is 2. The molecule has 1 aliphatic carbocycles. The van der Waals surface area contributed by atoms with Crippen molar-refractivity contribution < 1.29 is 29.0 Å². The lowest BCUT2D eigenvalue weighted by Gasteiger charge is -2.13. The van der Waals surface area contributed by atoms with Gasteiger partial charge in [-0.25, -0.2) is 0 Å². The minimum atomic E-state index is -0.831. The third-order valence-electron chi connectivity index (χ3n) is 4.19. The highest BCUT2D eigenvalue weighted by molar-refractivity contribution is 5.97. The van der Waals surface area contributed by atoms with Crippen LogP contribution in [-0.2, 0) is 9.59 Å². The number of hydrogen-bond donors (Lipinski definition) is 3. The molecule has 1 fully saturated rings. The van der Waals surface area contributed by atoms with Crippen LogP contribution in [0.3, 0.4) is 0 Å². The number of carbonyl (C=O) groups is 3. The first kappa shape index (κ1) is 16.1. The predicted molar refractivity (Wildman–Crippen MR) is 81.8 cm³/mol. The number of rotatable bonds is 5. The van der Waals surface area contributed by atoms with Crippen LogP contribution in [0.4, 0.5) is 0 Å². The quantitative estimate of drug-likeness (QED) is 0.723. The van der Waals surface area contributed by atoms with Crippen LogP contribution in [-0.4, -0.2) is 42.3 Å². The molecule has 0 bridgehead atoms. The highest BCUT2D eigenvalue weighted by atomic mass is 16.7. The van der Waals surface area contributed by atoms with Crippen molar-refractivity contribution in [2.45, 2.75) is 25.3 Å². The number of benzene rings is 1. The zero-order valence-electron chi connectivity index (χ0n) is 12.9. The Kier molecular flexibility index (Phi) is 4.54. The van der Waals surface area contributed by atoms with Gasteiger partial charge in [-0.1, -0.05) is 0 Å². The average molecular weight is 334 g/mol. The molecule has 8 nitrogen and oxygen atoms in total. The Bertz CT molecular complexity index is 675. The fourth-order valence-corrected chi connectivity index (χ4v) is 2.92. The van der Waals surface area contributed by atoms with E-state index >= 15 is 0 Å². The van der Waals surface area contributed by atoms with Crippen molar-refractivity contribution in [3.05, 3.63) is 23.8 Å². The Hall–Kier alpha value is -2.77. The molecule has 2 amide bonds. The smallest absolute Gasteiger partial charge is 0.306 e. The fourth-order valence-electron chi connectivity index (χ4n) is 2.92. The van der Waals surface area contributed by atoms with Crippen molar-refractivity contribution in [3.8, 4) is 11.5 Å². The van der Waals surface area contributed by atoms with E-state index in [0.717, 1.165) is 0 Å². The van der Waals surface area contributed by atoms with E-state index in [1.807, 2.05) is 0 Å². The second-order valence-corrected chi connectivity index (χ2v) is 5.86. The van der Waals surface area contributed by atoms with Gasteiger partial charge in [0.25, 0.3) is 5.91 Å². The summed E-state index contributed by atoms with van der Waals surface area (Å²) in [6, 6.07) is 4.64. The monoisotopic (exact) mass is 334 g/mol. The highest BCUT2D eigenvalue weighted by Gasteiger charge is 2.30. The Morgan fingerprint density at radius 1 is 1.17 bits per heavy atom. The molecule has 1 aromatic rings. The summed E-state index contributed by atoms with van der Waals surface area (Å²) >= 11 is 0. The summed E-state index contributed by atoms with van der Waals surface area (Å²) < 4.78 is 10.4. The molecule has 0 aromatic heterocycles. The maximum Gasteiger partial charge on any atom is 0.306 e. The SMILES string of the molecule is O=C(CNC(=O)c1ccc2c(c1)OCO2)N[C@@H]1CC[C@H](C(=O)O)C1. The standard InChI is InChI=1S/C16H18N2O6/c19-14(18-11-3-1-10(5-11)16(21)22)7-17-15(20)9-2-4-12-13(6-9)24-8-23-12/h2,4,6,10-11H,1,3,5,7-8H2,(H,17,20)(H,18,19)(H,21,22)/t10-,11+/m0/s1. The lowest BCUT2D eigenvalue weighted by molar-refractivity contribution is -0.141. The first-order valence-electron chi connectivity index (χ1n) is 7.73. The summed E-state index contributed by atoms with van der Waals surface area (Å²) in [4.78, 5) is 34.8. The largest absolute Gasteiger partial charge is 0.481 e. The molecule has 24 heavy (non-hydrogen) atoms. The van der Waals surface area contributed by atoms with E-state index in [0.29, 0.717) is 36.3 Å². The highest BCUT2D eigenvalue weighted by Crippen LogP contribution is 2.32. The van der Waals surface area contributed by atoms with Crippen LogP contribution in [0.2, 0.25) is 0 Å². The van der Waals surface area contributed by atoms with Crippen LogP contribution in [0.25, 0.3) is 0 Å². The zero-order valence-corrected chi connectivity index (χ0v) is 12.9. The molecule has 1 aromatic carbocycles. The molecule has 0 saturated heterocycles. The Labute approximate surface area is 138 Å². The lowest BCUT2D eigenvalue weighted by Crippen LogP contribution is -2.41. The van der Waals surface area contributed by atoms with Crippen LogP contribution in [0.1, 0.15) is 29.6 Å². The average Bonchev–Trinajstić information content (AvgIpc) is 3.20. The van der Waals surface area contributed by atoms with E-state index in [2.05, 4.69) is 10.6 Å². The van der Waals surface area contributed by atoms with E-state index in [1.165, 1.54) is 0 Å². The topological polar surface area (TPSA) is 114 Å². The molecule has 3 N–H and O–H groups in total. The van der Waals surface area contributed by atoms with E-state index in [4.69, 9.17) is 14.6 Å². The Morgan fingerprint density at radius 2 is 1.96 bits per heavy atom. The van der Waals surface area contributed by atoms with E-state index < -0.39 is 17.8 Å². The van der Waals surface area contributed by atoms with Gasteiger partial charge in [0.15, 0.2) is 11.5 Å². The van der Waals surface area contributed by atoms with Gasteiger partial charge in [-0.2, -0.15) is 0 Å². The minimum Gasteiger partial charge on any atom is -0.481 e. The Balaban J connectivity index is 1.46. The number of carboxylic acid groups (broad SMARTS) is 1. The van der Waals surface area contributed by atoms with Gasteiger partial charge in [0.05, 0.1) is 12.5 Å². The van der Waals surface area contributed by atoms with Gasteiger partial charge < -0.3 is 25.2 Å². The van der Waals surface area contributed by atoms with Crippen molar-refractivity contribution in [2.75, 3.05) is 13.3 Å². The van der Waals surface area contributed by atoms with E-state index in [9.17, 15) is 14.4 Å². The number of fused-ring (bicyclic) bond motifs is 1. The molecule has 8 heteroatoms. The number of hydrogen-bond acceptors (Lipinski definition) is 5. The van der Waals surface area contributed by atoms with Gasteiger partial charge >= 0.3 is 5.97 Å². The number of carbonyl (C=O) groups excluding carboxylic acids is 2. The number of ether oxygens (including phenoxy) is 2. The first-order valence-corrected chi connectivity index (χ1v) is 7.73. The number of carboxylic acids is 1. The lowest BCUT2D eigenvalue weighted by atomic mass is 10.1. The number of aliphatic carboxylic acids is 1. The molecule has 0 spiro atoms. The molecular formula is C16H18N2O6. The molecule has 1 aliphatic heterocycles. The normalized spacial score (nSPS) is 21.3. The van der Waals surface area contributed by atoms with Crippen molar-refractivity contribution in [2.24, 2.45) is 5.92 Å². The first-order chi connectivity index (χ1) is 11.5. The molecule has 3 rings (SSSR count). The van der Waals surface area contributed by atoms with Gasteiger partial charge in [-0.3, -0.25) is 14.4 Å². The Morgan fingerprint density at radius 3 is 2.71 bits per heavy atom. The maximum absolute atomic E-state index is 12.1. The second-order valence-electron chi connectivity index (χ2n) is 5.86. The third-order valence-corrected chi connectivity index (χ3v) is 4.19. The van der Waals surface area contributed by atoms with Gasteiger partial charge in [-0.05, 0) is 37.5 Å². The van der Waals surface area contributed by atoms with Crippen LogP contribution >= 0.6 is 0 Å². The molecule has 128 valence electrons. The molecular weight excluding hydrogens is 316 g/mol. The summed E-state index contributed by atoms with van der Waals surface area (Å²) in [6.45, 7) is -0.0386. The number of amides is 2. The van der Waals surface area contributed by atoms with E-state index in [-0.39, 0.29) is 25.3 Å². The second kappa shape index (κ2) is 6.77. The summed E-state index contributed by atoms with van der Waals surface area (Å²) in [5.41, 5.74) is 0.374. The van der Waals surface area contributed by atoms with Gasteiger partial charge in [0, 0.05) is 11.6 Å². The van der Waals surface area contributed by atoms with Crippen molar-refractivity contribution in [3.63, 3.8) is 0 Å². The van der Waals surface area contributed by atoms with Crippen molar-refractivity contribution in [1.29, 1.82) is 0 Å². The van der Waals surface area contributed by atoms with Gasteiger partial charge in [-0.15, -0.1) is 0 Å². The molecule has 1 heterocycles. The summed E-state index contributed by atoms with van der Waals surface area (Å²) in [5.74, 6) is -0.879. The molecule has 2 atom stereocenters. The van der Waals surface area contributed by atoms with Crippen molar-refractivity contribution in [1.82, 2.24) is 10.6 Å². The zero-order chi connectivity index (χ0) is 17.1. The third kappa shape index (κ3) is 3.58. The maximum atomic E-state index is 12.1. The van der Waals surface area contributed by atoms with Crippen LogP contribution in [0.5, 0.6) is 11.5 Å². The molecule has 2 aliphatic rings. The van der Waals surface area contributed by atoms with Gasteiger partial charge in [0.2, 0.25) is 12.7 Å².